The third-order valence-electron chi connectivity index (χ3n) is 4.02. The van der Waals surface area contributed by atoms with Crippen LogP contribution < -0.4 is 5.32 Å². The first kappa shape index (κ1) is 14.2. The first-order valence-electron chi connectivity index (χ1n) is 6.86. The van der Waals surface area contributed by atoms with Crippen molar-refractivity contribution in [3.63, 3.8) is 0 Å². The zero-order valence-corrected chi connectivity index (χ0v) is 11.4. The summed E-state index contributed by atoms with van der Waals surface area (Å²) >= 11 is 0. The average Bonchev–Trinajstić information content (AvgIpc) is 2.34. The molecule has 0 radical (unpaired) electrons. The molecule has 18 heavy (non-hydrogen) atoms. The highest BCUT2D eigenvalue weighted by Crippen LogP contribution is 2.28. The van der Waals surface area contributed by atoms with Gasteiger partial charge in [-0.25, -0.2) is 0 Å². The molecule has 1 aliphatic carbocycles. The topological polar surface area (TPSA) is 60.0 Å². The van der Waals surface area contributed by atoms with E-state index in [9.17, 15) is 5.11 Å². The predicted molar refractivity (Wildman–Crippen MR) is 67.6 cm³/mol. The van der Waals surface area contributed by atoms with Gasteiger partial charge in [0.05, 0.1) is 17.8 Å². The van der Waals surface area contributed by atoms with Crippen molar-refractivity contribution in [2.75, 3.05) is 33.5 Å². The third kappa shape index (κ3) is 3.22. The largest absolute Gasteiger partial charge is 0.388 e. The highest BCUT2D eigenvalue weighted by atomic mass is 16.5. The lowest BCUT2D eigenvalue weighted by Crippen LogP contribution is -2.62. The lowest BCUT2D eigenvalue weighted by molar-refractivity contribution is -0.137. The summed E-state index contributed by atoms with van der Waals surface area (Å²) in [7, 11) is 1.72. The number of ether oxygens (including phenoxy) is 3. The average molecular weight is 259 g/mol. The highest BCUT2D eigenvalue weighted by molar-refractivity contribution is 4.98. The summed E-state index contributed by atoms with van der Waals surface area (Å²) in [6.07, 6.45) is 2.67. The summed E-state index contributed by atoms with van der Waals surface area (Å²) < 4.78 is 16.3. The Hall–Kier alpha value is -0.200. The predicted octanol–water partition coefficient (Wildman–Crippen LogP) is 0.310. The summed E-state index contributed by atoms with van der Waals surface area (Å²) in [5, 5.41) is 13.8. The van der Waals surface area contributed by atoms with Gasteiger partial charge in [0.2, 0.25) is 0 Å². The van der Waals surface area contributed by atoms with E-state index in [4.69, 9.17) is 14.2 Å². The molecular weight excluding hydrogens is 234 g/mol. The van der Waals surface area contributed by atoms with Crippen molar-refractivity contribution in [2.45, 2.75) is 50.0 Å². The van der Waals surface area contributed by atoms with E-state index in [1.807, 2.05) is 6.92 Å². The minimum absolute atomic E-state index is 0.105. The smallest absolute Gasteiger partial charge is 0.0986 e. The minimum Gasteiger partial charge on any atom is -0.388 e. The molecule has 1 heterocycles. The van der Waals surface area contributed by atoms with Gasteiger partial charge >= 0.3 is 0 Å². The lowest BCUT2D eigenvalue weighted by Gasteiger charge is -2.45. The van der Waals surface area contributed by atoms with Crippen LogP contribution in [0.5, 0.6) is 0 Å². The summed E-state index contributed by atoms with van der Waals surface area (Å²) in [6.45, 7) is 4.63. The Morgan fingerprint density at radius 2 is 2.11 bits per heavy atom. The second kappa shape index (κ2) is 6.30. The Morgan fingerprint density at radius 3 is 2.72 bits per heavy atom. The van der Waals surface area contributed by atoms with E-state index in [2.05, 4.69) is 5.32 Å². The Morgan fingerprint density at radius 1 is 1.39 bits per heavy atom. The SMILES string of the molecule is CCOC1CC(NCC2(O)CCOCC2)C1OC. The summed E-state index contributed by atoms with van der Waals surface area (Å²) in [5.74, 6) is 0. The third-order valence-corrected chi connectivity index (χ3v) is 4.02. The first-order valence-corrected chi connectivity index (χ1v) is 6.86. The van der Waals surface area contributed by atoms with Gasteiger partial charge in [-0.05, 0) is 13.3 Å². The molecule has 3 atom stereocenters. The summed E-state index contributed by atoms with van der Waals surface area (Å²) in [5.41, 5.74) is -0.618. The van der Waals surface area contributed by atoms with Crippen LogP contribution in [0.3, 0.4) is 0 Å². The summed E-state index contributed by atoms with van der Waals surface area (Å²) in [4.78, 5) is 0. The maximum Gasteiger partial charge on any atom is 0.0986 e. The van der Waals surface area contributed by atoms with Crippen LogP contribution in [0.2, 0.25) is 0 Å². The zero-order chi connectivity index (χ0) is 13.0. The van der Waals surface area contributed by atoms with Crippen LogP contribution in [0.25, 0.3) is 0 Å². The van der Waals surface area contributed by atoms with E-state index in [0.29, 0.717) is 38.6 Å². The van der Waals surface area contributed by atoms with Gasteiger partial charge in [0.15, 0.2) is 0 Å². The van der Waals surface area contributed by atoms with E-state index >= 15 is 0 Å². The molecule has 1 saturated carbocycles. The van der Waals surface area contributed by atoms with Crippen molar-refractivity contribution < 1.29 is 19.3 Å². The fraction of sp³-hybridized carbons (Fsp3) is 1.00. The number of aliphatic hydroxyl groups is 1. The molecule has 0 bridgehead atoms. The Kier molecular flexibility index (Phi) is 4.98. The van der Waals surface area contributed by atoms with Crippen LogP contribution >= 0.6 is 0 Å². The van der Waals surface area contributed by atoms with Gasteiger partial charge in [-0.15, -0.1) is 0 Å². The molecule has 3 unspecified atom stereocenters. The Balaban J connectivity index is 1.73. The van der Waals surface area contributed by atoms with E-state index in [0.717, 1.165) is 13.0 Å². The second-order valence-electron chi connectivity index (χ2n) is 5.25. The van der Waals surface area contributed by atoms with Crippen LogP contribution in [-0.2, 0) is 14.2 Å². The fourth-order valence-corrected chi connectivity index (χ4v) is 2.72. The monoisotopic (exact) mass is 259 g/mol. The van der Waals surface area contributed by atoms with Gasteiger partial charge < -0.3 is 24.6 Å². The molecule has 0 spiro atoms. The van der Waals surface area contributed by atoms with Crippen LogP contribution in [-0.4, -0.2) is 62.4 Å². The molecule has 106 valence electrons. The summed E-state index contributed by atoms with van der Waals surface area (Å²) in [6, 6.07) is 0.290. The maximum absolute atomic E-state index is 10.4. The molecule has 2 N–H and O–H groups in total. The number of nitrogens with one attached hydrogen (secondary N) is 1. The minimum atomic E-state index is -0.618. The molecule has 1 aliphatic heterocycles. The molecule has 1 saturated heterocycles. The standard InChI is InChI=1S/C13H25NO4/c1-3-18-11-8-10(12(11)16-2)14-9-13(15)4-6-17-7-5-13/h10-12,14-15H,3-9H2,1-2H3. The molecule has 0 aromatic rings. The van der Waals surface area contributed by atoms with E-state index in [1.165, 1.54) is 0 Å². The molecular formula is C13H25NO4. The quantitative estimate of drug-likeness (QED) is 0.719. The van der Waals surface area contributed by atoms with Gasteiger partial charge in [-0.2, -0.15) is 0 Å². The molecule has 2 fully saturated rings. The number of hydrogen-bond donors (Lipinski definition) is 2. The van der Waals surface area contributed by atoms with Crippen LogP contribution in [0.15, 0.2) is 0 Å². The Labute approximate surface area is 109 Å². The molecule has 0 aromatic heterocycles. The van der Waals surface area contributed by atoms with Crippen molar-refractivity contribution in [1.82, 2.24) is 5.32 Å². The van der Waals surface area contributed by atoms with Crippen molar-refractivity contribution in [3.8, 4) is 0 Å². The molecule has 5 heteroatoms. The van der Waals surface area contributed by atoms with Gasteiger partial charge in [0.25, 0.3) is 0 Å². The molecule has 2 aliphatic rings. The Bertz CT molecular complexity index is 255. The van der Waals surface area contributed by atoms with Gasteiger partial charge in [-0.3, -0.25) is 0 Å². The number of methoxy groups -OCH3 is 1. The van der Waals surface area contributed by atoms with Crippen LogP contribution in [0, 0.1) is 0 Å². The second-order valence-corrected chi connectivity index (χ2v) is 5.25. The van der Waals surface area contributed by atoms with Gasteiger partial charge in [0.1, 0.15) is 0 Å². The van der Waals surface area contributed by atoms with Crippen molar-refractivity contribution in [2.24, 2.45) is 0 Å². The van der Waals surface area contributed by atoms with Gasteiger partial charge in [-0.1, -0.05) is 0 Å². The van der Waals surface area contributed by atoms with Gasteiger partial charge in [0, 0.05) is 52.4 Å². The molecule has 0 amide bonds. The first-order chi connectivity index (χ1) is 8.68. The zero-order valence-electron chi connectivity index (χ0n) is 11.4. The lowest BCUT2D eigenvalue weighted by atomic mass is 9.84. The number of rotatable bonds is 6. The molecule has 0 aromatic carbocycles. The van der Waals surface area contributed by atoms with Crippen molar-refractivity contribution in [1.29, 1.82) is 0 Å². The van der Waals surface area contributed by atoms with E-state index < -0.39 is 5.60 Å². The van der Waals surface area contributed by atoms with Crippen LogP contribution in [0.1, 0.15) is 26.2 Å². The number of hydrogen-bond acceptors (Lipinski definition) is 5. The highest BCUT2D eigenvalue weighted by Gasteiger charge is 2.43. The maximum atomic E-state index is 10.4. The van der Waals surface area contributed by atoms with Crippen molar-refractivity contribution in [3.05, 3.63) is 0 Å². The normalized spacial score (nSPS) is 35.2. The van der Waals surface area contributed by atoms with Crippen molar-refractivity contribution >= 4 is 0 Å². The van der Waals surface area contributed by atoms with E-state index in [1.54, 1.807) is 7.11 Å². The molecule has 5 nitrogen and oxygen atoms in total. The van der Waals surface area contributed by atoms with Crippen LogP contribution in [0.4, 0.5) is 0 Å². The molecule has 2 rings (SSSR count). The fourth-order valence-electron chi connectivity index (χ4n) is 2.72. The van der Waals surface area contributed by atoms with E-state index in [-0.39, 0.29) is 12.2 Å².